The second kappa shape index (κ2) is 2.79. The highest BCUT2D eigenvalue weighted by atomic mass is 17.1. The average molecular weight is 161 g/mol. The Hall–Kier alpha value is -1.61. The Morgan fingerprint density at radius 1 is 1.08 bits per heavy atom. The van der Waals surface area contributed by atoms with Gasteiger partial charge >= 0.3 is 0 Å². The lowest BCUT2D eigenvalue weighted by atomic mass is 10.2. The number of hydrogen-bond acceptors (Lipinski definition) is 3. The molecule has 0 saturated carbocycles. The molecule has 2 aromatic rings. The molecule has 0 fully saturated rings. The SMILES string of the molecule is OOc1ccc2ccccc2n1. The summed E-state index contributed by atoms with van der Waals surface area (Å²) in [5.74, 6) is 0.216. The quantitative estimate of drug-likeness (QED) is 0.514. The minimum Gasteiger partial charge on any atom is -0.320 e. The molecule has 1 N–H and O–H groups in total. The molecular weight excluding hydrogens is 154 g/mol. The van der Waals surface area contributed by atoms with Crippen molar-refractivity contribution in [3.8, 4) is 5.88 Å². The highest BCUT2D eigenvalue weighted by Gasteiger charge is 1.96. The monoisotopic (exact) mass is 161 g/mol. The molecule has 0 radical (unpaired) electrons. The highest BCUT2D eigenvalue weighted by molar-refractivity contribution is 5.78. The summed E-state index contributed by atoms with van der Waals surface area (Å²) in [6.07, 6.45) is 0. The van der Waals surface area contributed by atoms with Crippen LogP contribution in [-0.4, -0.2) is 10.2 Å². The fourth-order valence-electron chi connectivity index (χ4n) is 1.10. The third-order valence-corrected chi connectivity index (χ3v) is 1.67. The van der Waals surface area contributed by atoms with E-state index in [4.69, 9.17) is 5.26 Å². The zero-order valence-corrected chi connectivity index (χ0v) is 6.27. The van der Waals surface area contributed by atoms with E-state index in [0.717, 1.165) is 10.9 Å². The zero-order chi connectivity index (χ0) is 8.39. The van der Waals surface area contributed by atoms with E-state index in [1.807, 2.05) is 30.3 Å². The summed E-state index contributed by atoms with van der Waals surface area (Å²) in [6, 6.07) is 11.1. The van der Waals surface area contributed by atoms with Crippen molar-refractivity contribution in [2.24, 2.45) is 0 Å². The Bertz CT molecular complexity index is 400. The fraction of sp³-hybridized carbons (Fsp3) is 0. The van der Waals surface area contributed by atoms with Gasteiger partial charge in [0, 0.05) is 11.5 Å². The Balaban J connectivity index is 2.67. The van der Waals surface area contributed by atoms with Crippen molar-refractivity contribution in [2.45, 2.75) is 0 Å². The Morgan fingerprint density at radius 3 is 2.75 bits per heavy atom. The van der Waals surface area contributed by atoms with Gasteiger partial charge in [0.25, 0.3) is 5.88 Å². The first kappa shape index (κ1) is 7.06. The van der Waals surface area contributed by atoms with E-state index in [9.17, 15) is 0 Å². The number of nitrogens with zero attached hydrogens (tertiary/aromatic N) is 1. The van der Waals surface area contributed by atoms with E-state index in [1.54, 1.807) is 6.07 Å². The molecule has 0 bridgehead atoms. The third-order valence-electron chi connectivity index (χ3n) is 1.67. The van der Waals surface area contributed by atoms with Crippen LogP contribution in [0.15, 0.2) is 36.4 Å². The van der Waals surface area contributed by atoms with Gasteiger partial charge in [0.15, 0.2) is 0 Å². The summed E-state index contributed by atoms with van der Waals surface area (Å²) < 4.78 is 0. The van der Waals surface area contributed by atoms with Crippen molar-refractivity contribution in [3.63, 3.8) is 0 Å². The fourth-order valence-corrected chi connectivity index (χ4v) is 1.10. The molecule has 3 nitrogen and oxygen atoms in total. The standard InChI is InChI=1S/C9H7NO2/c11-12-9-6-5-7-3-1-2-4-8(7)10-9/h1-6,11H. The summed E-state index contributed by atoms with van der Waals surface area (Å²) in [7, 11) is 0. The van der Waals surface area contributed by atoms with Gasteiger partial charge in [0.1, 0.15) is 0 Å². The van der Waals surface area contributed by atoms with Gasteiger partial charge in [-0.15, -0.1) is 0 Å². The summed E-state index contributed by atoms with van der Waals surface area (Å²) in [6.45, 7) is 0. The lowest BCUT2D eigenvalue weighted by Crippen LogP contribution is -1.87. The smallest absolute Gasteiger partial charge is 0.256 e. The molecule has 1 aromatic heterocycles. The second-order valence-electron chi connectivity index (χ2n) is 2.43. The van der Waals surface area contributed by atoms with Gasteiger partial charge in [0.05, 0.1) is 5.52 Å². The first-order chi connectivity index (χ1) is 5.90. The van der Waals surface area contributed by atoms with Crippen LogP contribution in [0.2, 0.25) is 0 Å². The van der Waals surface area contributed by atoms with Crippen LogP contribution in [0.1, 0.15) is 0 Å². The lowest BCUT2D eigenvalue weighted by molar-refractivity contribution is -0.141. The summed E-state index contributed by atoms with van der Waals surface area (Å²) in [5.41, 5.74) is 0.809. The van der Waals surface area contributed by atoms with Crippen molar-refractivity contribution in [3.05, 3.63) is 36.4 Å². The van der Waals surface area contributed by atoms with Crippen LogP contribution >= 0.6 is 0 Å². The van der Waals surface area contributed by atoms with Gasteiger partial charge in [0.2, 0.25) is 0 Å². The van der Waals surface area contributed by atoms with E-state index in [-0.39, 0.29) is 5.88 Å². The molecule has 0 atom stereocenters. The molecule has 60 valence electrons. The van der Waals surface area contributed by atoms with E-state index in [0.29, 0.717) is 0 Å². The molecule has 0 aliphatic rings. The minimum absolute atomic E-state index is 0.216. The van der Waals surface area contributed by atoms with Gasteiger partial charge in [-0.3, -0.25) is 0 Å². The molecule has 0 aliphatic carbocycles. The Morgan fingerprint density at radius 2 is 1.92 bits per heavy atom. The van der Waals surface area contributed by atoms with Gasteiger partial charge in [-0.05, 0) is 12.1 Å². The van der Waals surface area contributed by atoms with Crippen molar-refractivity contribution in [1.82, 2.24) is 4.98 Å². The number of para-hydroxylation sites is 1. The van der Waals surface area contributed by atoms with Crippen molar-refractivity contribution in [2.75, 3.05) is 0 Å². The lowest BCUT2D eigenvalue weighted by Gasteiger charge is -1.97. The largest absolute Gasteiger partial charge is 0.320 e. The van der Waals surface area contributed by atoms with Crippen LogP contribution in [0, 0.1) is 0 Å². The summed E-state index contributed by atoms with van der Waals surface area (Å²) in [4.78, 5) is 8.03. The molecule has 1 heterocycles. The van der Waals surface area contributed by atoms with E-state index < -0.39 is 0 Å². The minimum atomic E-state index is 0.216. The summed E-state index contributed by atoms with van der Waals surface area (Å²) in [5, 5.41) is 9.36. The van der Waals surface area contributed by atoms with Gasteiger partial charge in [-0.25, -0.2) is 10.2 Å². The van der Waals surface area contributed by atoms with E-state index >= 15 is 0 Å². The predicted molar refractivity (Wildman–Crippen MR) is 45.0 cm³/mol. The van der Waals surface area contributed by atoms with Crippen LogP contribution < -0.4 is 4.89 Å². The molecule has 0 unspecified atom stereocenters. The maximum Gasteiger partial charge on any atom is 0.256 e. The van der Waals surface area contributed by atoms with Crippen LogP contribution in [0.5, 0.6) is 5.88 Å². The first-order valence-electron chi connectivity index (χ1n) is 3.57. The molecule has 0 amide bonds. The molecule has 0 saturated heterocycles. The zero-order valence-electron chi connectivity index (χ0n) is 6.27. The third kappa shape index (κ3) is 1.10. The van der Waals surface area contributed by atoms with E-state index in [2.05, 4.69) is 9.87 Å². The maximum atomic E-state index is 8.33. The Labute approximate surface area is 69.2 Å². The number of fused-ring (bicyclic) bond motifs is 1. The number of pyridine rings is 1. The molecule has 1 aromatic carbocycles. The number of benzene rings is 1. The second-order valence-corrected chi connectivity index (χ2v) is 2.43. The van der Waals surface area contributed by atoms with E-state index in [1.165, 1.54) is 0 Å². The number of aromatic nitrogens is 1. The average Bonchev–Trinajstić information content (AvgIpc) is 2.17. The number of rotatable bonds is 1. The Kier molecular flexibility index (Phi) is 1.64. The van der Waals surface area contributed by atoms with Gasteiger partial charge < -0.3 is 4.89 Å². The first-order valence-corrected chi connectivity index (χ1v) is 3.57. The number of hydrogen-bond donors (Lipinski definition) is 1. The predicted octanol–water partition coefficient (Wildman–Crippen LogP) is 2.09. The van der Waals surface area contributed by atoms with Crippen molar-refractivity contribution >= 4 is 10.9 Å². The highest BCUT2D eigenvalue weighted by Crippen LogP contribution is 2.14. The molecule has 2 rings (SSSR count). The van der Waals surface area contributed by atoms with Gasteiger partial charge in [-0.1, -0.05) is 18.2 Å². The van der Waals surface area contributed by atoms with Crippen LogP contribution in [0.3, 0.4) is 0 Å². The van der Waals surface area contributed by atoms with Crippen molar-refractivity contribution < 1.29 is 10.1 Å². The molecule has 12 heavy (non-hydrogen) atoms. The van der Waals surface area contributed by atoms with Gasteiger partial charge in [-0.2, -0.15) is 0 Å². The summed E-state index contributed by atoms with van der Waals surface area (Å²) >= 11 is 0. The molecular formula is C9H7NO2. The topological polar surface area (TPSA) is 42.4 Å². The normalized spacial score (nSPS) is 10.1. The van der Waals surface area contributed by atoms with Crippen LogP contribution in [0.25, 0.3) is 10.9 Å². The molecule has 3 heteroatoms. The van der Waals surface area contributed by atoms with Crippen molar-refractivity contribution in [1.29, 1.82) is 0 Å². The van der Waals surface area contributed by atoms with Crippen LogP contribution in [-0.2, 0) is 0 Å². The van der Waals surface area contributed by atoms with Crippen LogP contribution in [0.4, 0.5) is 0 Å². The molecule has 0 aliphatic heterocycles. The maximum absolute atomic E-state index is 8.33. The molecule has 0 spiro atoms.